The summed E-state index contributed by atoms with van der Waals surface area (Å²) < 4.78 is 0. The Morgan fingerprint density at radius 1 is 1.40 bits per heavy atom. The van der Waals surface area contributed by atoms with E-state index in [1.54, 1.807) is 6.20 Å². The highest BCUT2D eigenvalue weighted by molar-refractivity contribution is 7.11. The Balaban J connectivity index is 1.57. The number of thiazole rings is 1. The van der Waals surface area contributed by atoms with E-state index in [2.05, 4.69) is 15.2 Å². The predicted octanol–water partition coefficient (Wildman–Crippen LogP) is 0.178. The lowest BCUT2D eigenvalue weighted by Gasteiger charge is -2.38. The molecule has 0 saturated carbocycles. The molecule has 6 nitrogen and oxygen atoms in total. The SMILES string of the molecule is C[C@@H]1NC(=O)C[C@@H]1N1CCN(C(=O)c2nccs2)CC1. The van der Waals surface area contributed by atoms with Crippen LogP contribution >= 0.6 is 11.3 Å². The first-order chi connectivity index (χ1) is 9.65. The van der Waals surface area contributed by atoms with Crippen LogP contribution in [0.4, 0.5) is 0 Å². The molecule has 20 heavy (non-hydrogen) atoms. The van der Waals surface area contributed by atoms with Crippen LogP contribution < -0.4 is 5.32 Å². The minimum Gasteiger partial charge on any atom is -0.352 e. The third-order valence-corrected chi connectivity index (χ3v) is 4.81. The second-order valence-corrected chi connectivity index (χ2v) is 6.19. The molecule has 108 valence electrons. The molecule has 2 atom stereocenters. The highest BCUT2D eigenvalue weighted by atomic mass is 32.1. The van der Waals surface area contributed by atoms with Crippen LogP contribution in [-0.4, -0.2) is 64.9 Å². The van der Waals surface area contributed by atoms with E-state index in [0.29, 0.717) is 24.5 Å². The topological polar surface area (TPSA) is 65.5 Å². The largest absolute Gasteiger partial charge is 0.352 e. The molecule has 0 aliphatic carbocycles. The molecule has 3 heterocycles. The summed E-state index contributed by atoms with van der Waals surface area (Å²) >= 11 is 1.38. The lowest BCUT2D eigenvalue weighted by molar-refractivity contribution is -0.119. The first-order valence-electron chi connectivity index (χ1n) is 6.87. The van der Waals surface area contributed by atoms with Gasteiger partial charge in [0.05, 0.1) is 0 Å². The van der Waals surface area contributed by atoms with Gasteiger partial charge >= 0.3 is 0 Å². The highest BCUT2D eigenvalue weighted by Gasteiger charge is 2.35. The molecule has 0 aromatic carbocycles. The number of aromatic nitrogens is 1. The lowest BCUT2D eigenvalue weighted by Crippen LogP contribution is -2.54. The summed E-state index contributed by atoms with van der Waals surface area (Å²) in [6.45, 7) is 5.09. The van der Waals surface area contributed by atoms with Crippen LogP contribution in [0.1, 0.15) is 23.1 Å². The van der Waals surface area contributed by atoms with Crippen molar-refractivity contribution in [2.24, 2.45) is 0 Å². The third-order valence-electron chi connectivity index (χ3n) is 4.05. The van der Waals surface area contributed by atoms with Gasteiger partial charge < -0.3 is 10.2 Å². The van der Waals surface area contributed by atoms with E-state index >= 15 is 0 Å². The minimum absolute atomic E-state index is 0.0216. The van der Waals surface area contributed by atoms with Gasteiger partial charge in [-0.3, -0.25) is 14.5 Å². The molecule has 2 saturated heterocycles. The van der Waals surface area contributed by atoms with E-state index in [-0.39, 0.29) is 23.9 Å². The van der Waals surface area contributed by atoms with E-state index in [1.165, 1.54) is 11.3 Å². The van der Waals surface area contributed by atoms with Crippen molar-refractivity contribution >= 4 is 23.2 Å². The maximum Gasteiger partial charge on any atom is 0.282 e. The van der Waals surface area contributed by atoms with E-state index in [1.807, 2.05) is 17.2 Å². The molecule has 1 N–H and O–H groups in total. The molecule has 1 aromatic heterocycles. The van der Waals surface area contributed by atoms with E-state index in [0.717, 1.165) is 13.1 Å². The summed E-state index contributed by atoms with van der Waals surface area (Å²) in [5.41, 5.74) is 0. The fourth-order valence-corrected chi connectivity index (χ4v) is 3.54. The van der Waals surface area contributed by atoms with Gasteiger partial charge in [-0.05, 0) is 6.92 Å². The van der Waals surface area contributed by atoms with E-state index in [9.17, 15) is 9.59 Å². The molecule has 0 unspecified atom stereocenters. The van der Waals surface area contributed by atoms with Crippen molar-refractivity contribution in [2.45, 2.75) is 25.4 Å². The molecule has 0 bridgehead atoms. The van der Waals surface area contributed by atoms with Crippen molar-refractivity contribution in [3.05, 3.63) is 16.6 Å². The van der Waals surface area contributed by atoms with Crippen molar-refractivity contribution in [3.63, 3.8) is 0 Å². The number of nitrogens with zero attached hydrogens (tertiary/aromatic N) is 3. The monoisotopic (exact) mass is 294 g/mol. The van der Waals surface area contributed by atoms with Crippen LogP contribution in [0.3, 0.4) is 0 Å². The maximum atomic E-state index is 12.2. The second-order valence-electron chi connectivity index (χ2n) is 5.29. The van der Waals surface area contributed by atoms with Crippen LogP contribution in [0.5, 0.6) is 0 Å². The summed E-state index contributed by atoms with van der Waals surface area (Å²) in [6, 6.07) is 0.461. The summed E-state index contributed by atoms with van der Waals surface area (Å²) in [4.78, 5) is 31.9. The van der Waals surface area contributed by atoms with Crippen molar-refractivity contribution < 1.29 is 9.59 Å². The molecule has 1 aromatic rings. The zero-order chi connectivity index (χ0) is 14.1. The molecule has 2 fully saturated rings. The first kappa shape index (κ1) is 13.5. The van der Waals surface area contributed by atoms with Gasteiger partial charge in [0.15, 0.2) is 5.01 Å². The summed E-state index contributed by atoms with van der Waals surface area (Å²) in [7, 11) is 0. The first-order valence-corrected chi connectivity index (χ1v) is 7.75. The summed E-state index contributed by atoms with van der Waals surface area (Å²) in [6.07, 6.45) is 2.23. The zero-order valence-electron chi connectivity index (χ0n) is 11.4. The molecular weight excluding hydrogens is 276 g/mol. The van der Waals surface area contributed by atoms with Gasteiger partial charge in [0.2, 0.25) is 5.91 Å². The number of amides is 2. The summed E-state index contributed by atoms with van der Waals surface area (Å²) in [5, 5.41) is 5.33. The number of carbonyl (C=O) groups excluding carboxylic acids is 2. The number of piperazine rings is 1. The molecular formula is C13H18N4O2S. The number of hydrogen-bond acceptors (Lipinski definition) is 5. The Morgan fingerprint density at radius 2 is 2.15 bits per heavy atom. The Hall–Kier alpha value is -1.47. The van der Waals surface area contributed by atoms with Crippen molar-refractivity contribution in [1.29, 1.82) is 0 Å². The summed E-state index contributed by atoms with van der Waals surface area (Å²) in [5.74, 6) is 0.150. The average Bonchev–Trinajstić information content (AvgIpc) is 3.08. The number of nitrogens with one attached hydrogen (secondary N) is 1. The highest BCUT2D eigenvalue weighted by Crippen LogP contribution is 2.18. The van der Waals surface area contributed by atoms with Crippen LogP contribution in [-0.2, 0) is 4.79 Å². The molecule has 2 amide bonds. The van der Waals surface area contributed by atoms with Gasteiger partial charge in [-0.15, -0.1) is 11.3 Å². The number of rotatable bonds is 2. The van der Waals surface area contributed by atoms with Crippen LogP contribution in [0.15, 0.2) is 11.6 Å². The van der Waals surface area contributed by atoms with Gasteiger partial charge in [-0.2, -0.15) is 0 Å². The van der Waals surface area contributed by atoms with Crippen LogP contribution in [0.25, 0.3) is 0 Å². The number of hydrogen-bond donors (Lipinski definition) is 1. The Bertz CT molecular complexity index is 496. The Labute approximate surface area is 121 Å². The Morgan fingerprint density at radius 3 is 2.70 bits per heavy atom. The standard InChI is InChI=1S/C13H18N4O2S/c1-9-10(8-11(18)15-9)16-3-5-17(6-4-16)13(19)12-14-2-7-20-12/h2,7,9-10H,3-6,8H2,1H3,(H,15,18)/t9-,10-/m0/s1. The van der Waals surface area contributed by atoms with Gasteiger partial charge in [0, 0.05) is 56.3 Å². The molecule has 0 radical (unpaired) electrons. The van der Waals surface area contributed by atoms with Gasteiger partial charge in [0.1, 0.15) is 0 Å². The van der Waals surface area contributed by atoms with E-state index < -0.39 is 0 Å². The van der Waals surface area contributed by atoms with Crippen molar-refractivity contribution in [1.82, 2.24) is 20.1 Å². The minimum atomic E-state index is 0.0216. The predicted molar refractivity (Wildman–Crippen MR) is 75.6 cm³/mol. The van der Waals surface area contributed by atoms with E-state index in [4.69, 9.17) is 0 Å². The molecule has 2 aliphatic heterocycles. The van der Waals surface area contributed by atoms with Gasteiger partial charge in [0.25, 0.3) is 5.91 Å². The van der Waals surface area contributed by atoms with Crippen LogP contribution in [0.2, 0.25) is 0 Å². The normalized spacial score (nSPS) is 27.6. The van der Waals surface area contributed by atoms with Crippen molar-refractivity contribution in [2.75, 3.05) is 26.2 Å². The second kappa shape index (κ2) is 5.49. The quantitative estimate of drug-likeness (QED) is 0.845. The fraction of sp³-hybridized carbons (Fsp3) is 0.615. The Kier molecular flexibility index (Phi) is 3.71. The van der Waals surface area contributed by atoms with Gasteiger partial charge in [-0.25, -0.2) is 4.98 Å². The fourth-order valence-electron chi connectivity index (χ4n) is 2.94. The molecule has 7 heteroatoms. The number of carbonyl (C=O) groups is 2. The van der Waals surface area contributed by atoms with Crippen LogP contribution in [0, 0.1) is 0 Å². The average molecular weight is 294 g/mol. The molecule has 3 rings (SSSR count). The van der Waals surface area contributed by atoms with Crippen molar-refractivity contribution in [3.8, 4) is 0 Å². The third kappa shape index (κ3) is 2.55. The van der Waals surface area contributed by atoms with Gasteiger partial charge in [-0.1, -0.05) is 0 Å². The lowest BCUT2D eigenvalue weighted by atomic mass is 10.1. The molecule has 0 spiro atoms. The zero-order valence-corrected chi connectivity index (χ0v) is 12.2. The maximum absolute atomic E-state index is 12.2. The molecule has 2 aliphatic rings. The smallest absolute Gasteiger partial charge is 0.282 e.